The van der Waals surface area contributed by atoms with Crippen LogP contribution in [0.25, 0.3) is 16.0 Å². The van der Waals surface area contributed by atoms with Crippen LogP contribution in [-0.2, 0) is 13.0 Å². The summed E-state index contributed by atoms with van der Waals surface area (Å²) in [4.78, 5) is 12.1. The summed E-state index contributed by atoms with van der Waals surface area (Å²) < 4.78 is 1.80. The minimum Gasteiger partial charge on any atom is -0.356 e. The first kappa shape index (κ1) is 15.7. The van der Waals surface area contributed by atoms with Crippen molar-refractivity contribution < 1.29 is 0 Å². The SMILES string of the molecule is CCCCN(CC)c1nc2nnnn2c2sc3c(c12)CCN(C)C3. The molecule has 3 aromatic rings. The molecule has 7 nitrogen and oxygen atoms in total. The first-order valence-electron chi connectivity index (χ1n) is 8.68. The molecule has 128 valence electrons. The van der Waals surface area contributed by atoms with Gasteiger partial charge in [-0.15, -0.1) is 11.3 Å². The topological polar surface area (TPSA) is 62.5 Å². The number of fused-ring (bicyclic) bond motifs is 5. The lowest BCUT2D eigenvalue weighted by molar-refractivity contribution is 0.318. The van der Waals surface area contributed by atoms with E-state index in [2.05, 4.69) is 46.2 Å². The first-order chi connectivity index (χ1) is 11.7. The van der Waals surface area contributed by atoms with Gasteiger partial charge in [0.2, 0.25) is 0 Å². The third kappa shape index (κ3) is 2.44. The van der Waals surface area contributed by atoms with Crippen LogP contribution in [0.1, 0.15) is 37.1 Å². The fraction of sp³-hybridized carbons (Fsp3) is 0.625. The quantitative estimate of drug-likeness (QED) is 0.707. The molecule has 0 spiro atoms. The molecule has 1 aliphatic heterocycles. The predicted octanol–water partition coefficient (Wildman–Crippen LogP) is 2.35. The smallest absolute Gasteiger partial charge is 0.276 e. The van der Waals surface area contributed by atoms with Crippen molar-refractivity contribution >= 4 is 33.1 Å². The maximum Gasteiger partial charge on any atom is 0.276 e. The van der Waals surface area contributed by atoms with E-state index >= 15 is 0 Å². The van der Waals surface area contributed by atoms with Crippen LogP contribution in [0, 0.1) is 0 Å². The zero-order chi connectivity index (χ0) is 16.7. The van der Waals surface area contributed by atoms with Gasteiger partial charge in [-0.1, -0.05) is 18.4 Å². The number of anilines is 1. The van der Waals surface area contributed by atoms with Gasteiger partial charge in [0, 0.05) is 31.1 Å². The van der Waals surface area contributed by atoms with Gasteiger partial charge in [0.25, 0.3) is 5.78 Å². The Morgan fingerprint density at radius 2 is 2.17 bits per heavy atom. The second-order valence-corrected chi connectivity index (χ2v) is 7.51. The van der Waals surface area contributed by atoms with E-state index in [9.17, 15) is 0 Å². The van der Waals surface area contributed by atoms with Gasteiger partial charge >= 0.3 is 0 Å². The molecule has 0 aromatic carbocycles. The highest BCUT2D eigenvalue weighted by Crippen LogP contribution is 2.39. The second-order valence-electron chi connectivity index (χ2n) is 6.43. The average molecular weight is 345 g/mol. The third-order valence-electron chi connectivity index (χ3n) is 4.77. The molecule has 1 aliphatic rings. The van der Waals surface area contributed by atoms with Crippen molar-refractivity contribution in [3.63, 3.8) is 0 Å². The maximum atomic E-state index is 4.83. The van der Waals surface area contributed by atoms with Crippen molar-refractivity contribution in [3.05, 3.63) is 10.4 Å². The lowest BCUT2D eigenvalue weighted by Crippen LogP contribution is -2.27. The summed E-state index contributed by atoms with van der Waals surface area (Å²) in [6.07, 6.45) is 3.42. The van der Waals surface area contributed by atoms with Crippen LogP contribution < -0.4 is 4.90 Å². The zero-order valence-electron chi connectivity index (χ0n) is 14.5. The van der Waals surface area contributed by atoms with E-state index in [1.807, 2.05) is 11.3 Å². The summed E-state index contributed by atoms with van der Waals surface area (Å²) in [6, 6.07) is 0. The number of unbranched alkanes of at least 4 members (excludes halogenated alkanes) is 1. The number of thiophene rings is 1. The molecule has 0 fully saturated rings. The van der Waals surface area contributed by atoms with E-state index in [-0.39, 0.29) is 0 Å². The Labute approximate surface area is 145 Å². The molecule has 4 heterocycles. The summed E-state index contributed by atoms with van der Waals surface area (Å²) in [5.74, 6) is 1.66. The number of aromatic nitrogens is 5. The van der Waals surface area contributed by atoms with Gasteiger partial charge in [0.15, 0.2) is 0 Å². The van der Waals surface area contributed by atoms with Crippen LogP contribution in [0.5, 0.6) is 0 Å². The molecule has 0 saturated heterocycles. The van der Waals surface area contributed by atoms with Gasteiger partial charge in [-0.25, -0.2) is 0 Å². The molecule has 0 atom stereocenters. The molecule has 24 heavy (non-hydrogen) atoms. The summed E-state index contributed by atoms with van der Waals surface area (Å²) in [7, 11) is 2.18. The van der Waals surface area contributed by atoms with E-state index in [1.54, 1.807) is 4.52 Å². The van der Waals surface area contributed by atoms with Crippen molar-refractivity contribution in [2.24, 2.45) is 0 Å². The highest BCUT2D eigenvalue weighted by molar-refractivity contribution is 7.19. The van der Waals surface area contributed by atoms with E-state index in [0.29, 0.717) is 5.78 Å². The van der Waals surface area contributed by atoms with E-state index < -0.39 is 0 Å². The van der Waals surface area contributed by atoms with Gasteiger partial charge in [0.1, 0.15) is 10.6 Å². The third-order valence-corrected chi connectivity index (χ3v) is 5.96. The van der Waals surface area contributed by atoms with Crippen molar-refractivity contribution in [2.75, 3.05) is 31.6 Å². The van der Waals surface area contributed by atoms with Crippen LogP contribution in [0.15, 0.2) is 0 Å². The van der Waals surface area contributed by atoms with Crippen LogP contribution in [0.4, 0.5) is 5.82 Å². The number of nitrogens with zero attached hydrogens (tertiary/aromatic N) is 7. The fourth-order valence-corrected chi connectivity index (χ4v) is 4.79. The van der Waals surface area contributed by atoms with E-state index in [1.165, 1.54) is 28.7 Å². The summed E-state index contributed by atoms with van der Waals surface area (Å²) >= 11 is 1.82. The summed E-state index contributed by atoms with van der Waals surface area (Å²) in [6.45, 7) is 8.49. The van der Waals surface area contributed by atoms with Gasteiger partial charge in [0.05, 0.1) is 5.39 Å². The second kappa shape index (κ2) is 6.25. The number of likely N-dealkylation sites (N-methyl/N-ethyl adjacent to an activating group) is 1. The lowest BCUT2D eigenvalue weighted by atomic mass is 10.1. The number of tetrazole rings is 1. The summed E-state index contributed by atoms with van der Waals surface area (Å²) in [5.41, 5.74) is 1.45. The number of hydrogen-bond acceptors (Lipinski definition) is 7. The van der Waals surface area contributed by atoms with Crippen LogP contribution in [-0.4, -0.2) is 56.6 Å². The van der Waals surface area contributed by atoms with Crippen molar-refractivity contribution in [2.45, 2.75) is 39.7 Å². The Hall–Kier alpha value is -1.80. The molecular formula is C16H23N7S. The zero-order valence-corrected chi connectivity index (χ0v) is 15.3. The molecule has 8 heteroatoms. The normalized spacial score (nSPS) is 15.3. The number of rotatable bonds is 5. The van der Waals surface area contributed by atoms with E-state index in [4.69, 9.17) is 4.98 Å². The molecule has 0 bridgehead atoms. The molecule has 3 aromatic heterocycles. The highest BCUT2D eigenvalue weighted by Gasteiger charge is 2.26. The van der Waals surface area contributed by atoms with Crippen molar-refractivity contribution in [1.82, 2.24) is 29.9 Å². The average Bonchev–Trinajstić information content (AvgIpc) is 3.18. The molecule has 0 radical (unpaired) electrons. The van der Waals surface area contributed by atoms with Crippen molar-refractivity contribution in [1.29, 1.82) is 0 Å². The van der Waals surface area contributed by atoms with Crippen molar-refractivity contribution in [3.8, 4) is 0 Å². The predicted molar refractivity (Wildman–Crippen MR) is 96.8 cm³/mol. The largest absolute Gasteiger partial charge is 0.356 e. The Morgan fingerprint density at radius 1 is 1.29 bits per heavy atom. The van der Waals surface area contributed by atoms with Gasteiger partial charge < -0.3 is 9.80 Å². The highest BCUT2D eigenvalue weighted by atomic mass is 32.1. The van der Waals surface area contributed by atoms with Gasteiger partial charge in [-0.2, -0.15) is 9.50 Å². The van der Waals surface area contributed by atoms with Gasteiger partial charge in [-0.3, -0.25) is 0 Å². The monoisotopic (exact) mass is 345 g/mol. The Bertz CT molecular complexity index is 868. The molecule has 0 unspecified atom stereocenters. The molecule has 0 aliphatic carbocycles. The van der Waals surface area contributed by atoms with Crippen LogP contribution >= 0.6 is 11.3 Å². The Kier molecular flexibility index (Phi) is 4.09. The van der Waals surface area contributed by atoms with Gasteiger partial charge in [-0.05, 0) is 42.8 Å². The molecule has 0 N–H and O–H groups in total. The number of hydrogen-bond donors (Lipinski definition) is 0. The lowest BCUT2D eigenvalue weighted by Gasteiger charge is -2.25. The van der Waals surface area contributed by atoms with Crippen LogP contribution in [0.3, 0.4) is 0 Å². The molecule has 4 rings (SSSR count). The summed E-state index contributed by atoms with van der Waals surface area (Å²) in [5, 5.41) is 13.4. The first-order valence-corrected chi connectivity index (χ1v) is 9.50. The minimum absolute atomic E-state index is 0.597. The molecule has 0 amide bonds. The Morgan fingerprint density at radius 3 is 2.96 bits per heavy atom. The van der Waals surface area contributed by atoms with Crippen LogP contribution in [0.2, 0.25) is 0 Å². The van der Waals surface area contributed by atoms with E-state index in [0.717, 1.165) is 43.2 Å². The molecular weight excluding hydrogens is 322 g/mol. The maximum absolute atomic E-state index is 4.83. The Balaban J connectivity index is 1.96. The standard InChI is InChI=1S/C16H23N7S/c1-4-6-8-22(5-2)14-13-11-7-9-21(3)10-12(11)24-15(13)23-16(17-14)18-19-20-23/h4-10H2,1-3H3. The minimum atomic E-state index is 0.597. The molecule has 0 saturated carbocycles. The fourth-order valence-electron chi connectivity index (χ4n) is 3.42.